The van der Waals surface area contributed by atoms with Crippen LogP contribution in [0.1, 0.15) is 32.0 Å². The van der Waals surface area contributed by atoms with Crippen LogP contribution in [-0.2, 0) is 0 Å². The maximum absolute atomic E-state index is 12.6. The number of anilines is 2. The van der Waals surface area contributed by atoms with Crippen molar-refractivity contribution in [3.8, 4) is 0 Å². The van der Waals surface area contributed by atoms with Gasteiger partial charge in [0.1, 0.15) is 17.4 Å². The predicted octanol–water partition coefficient (Wildman–Crippen LogP) is 2.71. The Morgan fingerprint density at radius 1 is 0.686 bits per heavy atom. The molecular formula is C25H24ClN7O2. The first-order valence-corrected chi connectivity index (χ1v) is 11.0. The lowest BCUT2D eigenvalue weighted by molar-refractivity contribution is 0.101. The third-order valence-corrected chi connectivity index (χ3v) is 5.44. The zero-order valence-corrected chi connectivity index (χ0v) is 19.6. The Morgan fingerprint density at radius 2 is 1.20 bits per heavy atom. The number of amidine groups is 2. The van der Waals surface area contributed by atoms with Gasteiger partial charge in [0.15, 0.2) is 0 Å². The maximum Gasteiger partial charge on any atom is 0.274 e. The maximum atomic E-state index is 12.6. The molecule has 9 nitrogen and oxygen atoms in total. The van der Waals surface area contributed by atoms with Crippen LogP contribution < -0.4 is 21.3 Å². The van der Waals surface area contributed by atoms with E-state index in [1.807, 2.05) is 48.5 Å². The van der Waals surface area contributed by atoms with Crippen LogP contribution in [0.2, 0.25) is 0 Å². The van der Waals surface area contributed by atoms with Crippen molar-refractivity contribution in [2.24, 2.45) is 9.98 Å². The van der Waals surface area contributed by atoms with E-state index in [4.69, 9.17) is 0 Å². The number of hydrogen-bond donors (Lipinski definition) is 4. The van der Waals surface area contributed by atoms with Crippen molar-refractivity contribution in [1.82, 2.24) is 15.6 Å². The number of benzene rings is 2. The van der Waals surface area contributed by atoms with Crippen LogP contribution >= 0.6 is 12.4 Å². The topological polar surface area (TPSA) is 120 Å². The minimum atomic E-state index is -0.352. The largest absolute Gasteiger partial charge is 0.368 e. The Morgan fingerprint density at radius 3 is 1.63 bits per heavy atom. The first-order chi connectivity index (χ1) is 16.7. The summed E-state index contributed by atoms with van der Waals surface area (Å²) in [5.74, 6) is 1.08. The van der Waals surface area contributed by atoms with Crippen molar-refractivity contribution in [1.29, 1.82) is 0 Å². The van der Waals surface area contributed by atoms with Crippen molar-refractivity contribution < 1.29 is 9.59 Å². The van der Waals surface area contributed by atoms with Crippen LogP contribution in [0.4, 0.5) is 11.4 Å². The molecule has 35 heavy (non-hydrogen) atoms. The van der Waals surface area contributed by atoms with Gasteiger partial charge in [-0.15, -0.1) is 12.4 Å². The highest BCUT2D eigenvalue weighted by Crippen LogP contribution is 2.14. The smallest absolute Gasteiger partial charge is 0.274 e. The minimum absolute atomic E-state index is 0. The molecule has 2 aliphatic heterocycles. The lowest BCUT2D eigenvalue weighted by Gasteiger charge is -2.08. The molecule has 2 aliphatic rings. The Bertz CT molecular complexity index is 1170. The number of amides is 2. The van der Waals surface area contributed by atoms with Crippen molar-refractivity contribution in [2.75, 3.05) is 36.8 Å². The summed E-state index contributed by atoms with van der Waals surface area (Å²) in [7, 11) is 0. The van der Waals surface area contributed by atoms with Gasteiger partial charge in [0, 0.05) is 41.8 Å². The van der Waals surface area contributed by atoms with Crippen LogP contribution in [0.3, 0.4) is 0 Å². The van der Waals surface area contributed by atoms with E-state index < -0.39 is 0 Å². The van der Waals surface area contributed by atoms with Gasteiger partial charge in [0.25, 0.3) is 11.8 Å². The third kappa shape index (κ3) is 5.64. The van der Waals surface area contributed by atoms with E-state index in [9.17, 15) is 9.59 Å². The van der Waals surface area contributed by atoms with Gasteiger partial charge in [-0.05, 0) is 60.7 Å². The summed E-state index contributed by atoms with van der Waals surface area (Å²) in [5.41, 5.74) is 3.84. The number of pyridine rings is 1. The number of aliphatic imine (C=N–C) groups is 2. The van der Waals surface area contributed by atoms with Crippen LogP contribution in [0.15, 0.2) is 76.8 Å². The molecule has 2 aromatic carbocycles. The molecule has 0 atom stereocenters. The molecule has 0 fully saturated rings. The molecule has 10 heteroatoms. The van der Waals surface area contributed by atoms with Crippen molar-refractivity contribution in [2.45, 2.75) is 0 Å². The molecule has 3 heterocycles. The van der Waals surface area contributed by atoms with Gasteiger partial charge in [-0.25, -0.2) is 0 Å². The summed E-state index contributed by atoms with van der Waals surface area (Å²) in [6, 6.07) is 18.0. The third-order valence-electron chi connectivity index (χ3n) is 5.44. The Hall–Kier alpha value is -4.24. The van der Waals surface area contributed by atoms with Gasteiger partial charge in [0.2, 0.25) is 0 Å². The van der Waals surface area contributed by atoms with Gasteiger partial charge in [-0.2, -0.15) is 0 Å². The molecule has 2 amide bonds. The standard InChI is InChI=1S/C25H23N7O2.ClH/c33-24(31-19-6-1-16(2-7-19)22-26-11-12-27-22)18-5-10-21(30-15-18)25(34)32-20-8-3-17(4-9-20)23-28-13-14-29-23;/h1-10,15H,11-14H2,(H,26,27)(H,28,29)(H,31,33)(H,32,34);1H. The number of nitrogens with zero attached hydrogens (tertiary/aromatic N) is 3. The van der Waals surface area contributed by atoms with E-state index in [1.54, 1.807) is 6.07 Å². The minimum Gasteiger partial charge on any atom is -0.368 e. The number of halogens is 1. The summed E-state index contributed by atoms with van der Waals surface area (Å²) in [6.07, 6.45) is 1.39. The number of nitrogens with one attached hydrogen (secondary N) is 4. The van der Waals surface area contributed by atoms with Crippen LogP contribution in [0.25, 0.3) is 0 Å². The fourth-order valence-electron chi connectivity index (χ4n) is 3.67. The molecule has 3 aromatic rings. The van der Waals surface area contributed by atoms with E-state index >= 15 is 0 Å². The average molecular weight is 490 g/mol. The van der Waals surface area contributed by atoms with E-state index in [1.165, 1.54) is 12.3 Å². The molecule has 0 saturated heterocycles. The monoisotopic (exact) mass is 489 g/mol. The summed E-state index contributed by atoms with van der Waals surface area (Å²) < 4.78 is 0. The fraction of sp³-hybridized carbons (Fsp3) is 0.160. The molecular weight excluding hydrogens is 466 g/mol. The molecule has 0 saturated carbocycles. The van der Waals surface area contributed by atoms with E-state index in [2.05, 4.69) is 36.2 Å². The average Bonchev–Trinajstić information content (AvgIpc) is 3.60. The number of carbonyl (C=O) groups excluding carboxylic acids is 2. The van der Waals surface area contributed by atoms with E-state index in [0.717, 1.165) is 49.0 Å². The Kier molecular flexibility index (Phi) is 7.37. The molecule has 5 rings (SSSR count). The summed E-state index contributed by atoms with van der Waals surface area (Å²) in [6.45, 7) is 3.23. The lowest BCUT2D eigenvalue weighted by atomic mass is 10.1. The Balaban J connectivity index is 0.00000289. The van der Waals surface area contributed by atoms with Gasteiger partial charge < -0.3 is 21.3 Å². The molecule has 4 N–H and O–H groups in total. The van der Waals surface area contributed by atoms with Crippen LogP contribution in [0.5, 0.6) is 0 Å². The molecule has 0 spiro atoms. The second-order valence-electron chi connectivity index (χ2n) is 7.81. The van der Waals surface area contributed by atoms with E-state index in [0.29, 0.717) is 16.9 Å². The molecule has 178 valence electrons. The zero-order valence-electron chi connectivity index (χ0n) is 18.7. The predicted molar refractivity (Wildman–Crippen MR) is 139 cm³/mol. The number of aromatic nitrogens is 1. The van der Waals surface area contributed by atoms with Gasteiger partial charge in [0.05, 0.1) is 18.7 Å². The van der Waals surface area contributed by atoms with Gasteiger partial charge in [-0.3, -0.25) is 24.6 Å². The second kappa shape index (κ2) is 10.8. The normalized spacial score (nSPS) is 14.1. The van der Waals surface area contributed by atoms with E-state index in [-0.39, 0.29) is 29.9 Å². The molecule has 0 radical (unpaired) electrons. The molecule has 0 bridgehead atoms. The molecule has 0 aliphatic carbocycles. The number of rotatable bonds is 6. The highest BCUT2D eigenvalue weighted by molar-refractivity contribution is 6.07. The number of hydrogen-bond acceptors (Lipinski definition) is 7. The van der Waals surface area contributed by atoms with Crippen molar-refractivity contribution in [3.05, 3.63) is 89.2 Å². The van der Waals surface area contributed by atoms with Crippen LogP contribution in [0, 0.1) is 0 Å². The SMILES string of the molecule is Cl.O=C(Nc1ccc(C2=NCCN2)cc1)c1ccc(C(=O)Nc2ccc(C3=NCCN3)cc2)nc1. The number of carbonyl (C=O) groups is 2. The second-order valence-corrected chi connectivity index (χ2v) is 7.81. The quantitative estimate of drug-likeness (QED) is 0.424. The van der Waals surface area contributed by atoms with Crippen LogP contribution in [-0.4, -0.2) is 54.6 Å². The highest BCUT2D eigenvalue weighted by atomic mass is 35.5. The van der Waals surface area contributed by atoms with Gasteiger partial charge >= 0.3 is 0 Å². The molecule has 0 unspecified atom stereocenters. The first kappa shape index (κ1) is 23.9. The zero-order chi connectivity index (χ0) is 23.3. The Labute approximate surface area is 208 Å². The van der Waals surface area contributed by atoms with Crippen molar-refractivity contribution in [3.63, 3.8) is 0 Å². The molecule has 1 aromatic heterocycles. The lowest BCUT2D eigenvalue weighted by Crippen LogP contribution is -2.19. The highest BCUT2D eigenvalue weighted by Gasteiger charge is 2.13. The van der Waals surface area contributed by atoms with Gasteiger partial charge in [-0.1, -0.05) is 0 Å². The summed E-state index contributed by atoms with van der Waals surface area (Å²) in [5, 5.41) is 12.1. The first-order valence-electron chi connectivity index (χ1n) is 11.0. The van der Waals surface area contributed by atoms with Crippen molar-refractivity contribution >= 4 is 47.3 Å². The summed E-state index contributed by atoms with van der Waals surface area (Å²) >= 11 is 0. The summed E-state index contributed by atoms with van der Waals surface area (Å²) in [4.78, 5) is 38.0. The fourth-order valence-corrected chi connectivity index (χ4v) is 3.67.